The molecule has 0 aliphatic carbocycles. The van der Waals surface area contributed by atoms with Gasteiger partial charge in [0.1, 0.15) is 0 Å². The molecule has 2 heterocycles. The predicted molar refractivity (Wildman–Crippen MR) is 112 cm³/mol. The molecule has 0 saturated carbocycles. The highest BCUT2D eigenvalue weighted by Crippen LogP contribution is 2.28. The van der Waals surface area contributed by atoms with Gasteiger partial charge in [0.25, 0.3) is 10.0 Å². The fourth-order valence-corrected chi connectivity index (χ4v) is 5.38. The van der Waals surface area contributed by atoms with E-state index in [1.54, 1.807) is 12.1 Å². The van der Waals surface area contributed by atoms with Crippen molar-refractivity contribution in [2.45, 2.75) is 45.1 Å². The highest BCUT2D eigenvalue weighted by molar-refractivity contribution is 7.93. The van der Waals surface area contributed by atoms with Crippen LogP contribution in [0.3, 0.4) is 0 Å². The smallest absolute Gasteiger partial charge is 0.263 e. The maximum atomic E-state index is 12.6. The molecule has 1 aliphatic rings. The highest BCUT2D eigenvalue weighted by Gasteiger charge is 2.20. The topological polar surface area (TPSA) is 91.4 Å². The number of carbonyl (C=O) groups is 1. The summed E-state index contributed by atoms with van der Waals surface area (Å²) >= 11 is 1.39. The van der Waals surface area contributed by atoms with Crippen molar-refractivity contribution in [3.63, 3.8) is 0 Å². The van der Waals surface area contributed by atoms with Crippen LogP contribution in [0.5, 0.6) is 0 Å². The highest BCUT2D eigenvalue weighted by atomic mass is 32.2. The fraction of sp³-hybridized carbons (Fsp3) is 0.474. The lowest BCUT2D eigenvalue weighted by Gasteiger charge is -2.29. The van der Waals surface area contributed by atoms with E-state index in [-0.39, 0.29) is 10.8 Å². The normalized spacial score (nSPS) is 16.1. The maximum absolute atomic E-state index is 12.6. The lowest BCUT2D eigenvalue weighted by Crippen LogP contribution is -2.32. The van der Waals surface area contributed by atoms with Crippen LogP contribution in [0.25, 0.3) is 0 Å². The monoisotopic (exact) mass is 422 g/mol. The average molecular weight is 423 g/mol. The molecular formula is C19H26N4O3S2. The molecule has 0 radical (unpaired) electrons. The number of piperidine rings is 1. The predicted octanol–water partition coefficient (Wildman–Crippen LogP) is 3.44. The summed E-state index contributed by atoms with van der Waals surface area (Å²) in [6.45, 7) is 8.55. The summed E-state index contributed by atoms with van der Waals surface area (Å²) < 4.78 is 27.9. The SMILES string of the molecule is CC(=O)Nc1ccc(S(=O)(=O)Nc2nc(C)c(CN3CCC(C)CC3)s2)cc1. The van der Waals surface area contributed by atoms with Crippen molar-refractivity contribution in [1.29, 1.82) is 0 Å². The van der Waals surface area contributed by atoms with Crippen LogP contribution < -0.4 is 10.0 Å². The zero-order valence-electron chi connectivity index (χ0n) is 16.4. The van der Waals surface area contributed by atoms with E-state index in [0.29, 0.717) is 10.8 Å². The molecule has 0 unspecified atom stereocenters. The standard InChI is InChI=1S/C19H26N4O3S2/c1-13-8-10-23(11-9-13)12-18-14(2)20-19(27-18)22-28(25,26)17-6-4-16(5-7-17)21-15(3)24/h4-7,13H,8-12H2,1-3H3,(H,20,22)(H,21,24). The summed E-state index contributed by atoms with van der Waals surface area (Å²) in [6, 6.07) is 6.05. The van der Waals surface area contributed by atoms with Gasteiger partial charge in [0.2, 0.25) is 5.91 Å². The number of aromatic nitrogens is 1. The molecule has 1 fully saturated rings. The number of rotatable bonds is 6. The van der Waals surface area contributed by atoms with Crippen molar-refractivity contribution >= 4 is 38.1 Å². The Morgan fingerprint density at radius 1 is 1.25 bits per heavy atom. The number of amides is 1. The fourth-order valence-electron chi connectivity index (χ4n) is 3.14. The molecule has 3 rings (SSSR count). The van der Waals surface area contributed by atoms with E-state index in [1.807, 2.05) is 6.92 Å². The van der Waals surface area contributed by atoms with Gasteiger partial charge in [-0.2, -0.15) is 0 Å². The Hall–Kier alpha value is -1.97. The lowest BCUT2D eigenvalue weighted by molar-refractivity contribution is -0.114. The molecule has 1 saturated heterocycles. The maximum Gasteiger partial charge on any atom is 0.263 e. The molecule has 0 spiro atoms. The molecule has 7 nitrogen and oxygen atoms in total. The summed E-state index contributed by atoms with van der Waals surface area (Å²) in [7, 11) is -3.73. The van der Waals surface area contributed by atoms with E-state index in [0.717, 1.165) is 36.1 Å². The first-order chi connectivity index (χ1) is 13.2. The Labute approximate surface area is 170 Å². The van der Waals surface area contributed by atoms with Crippen LogP contribution in [0, 0.1) is 12.8 Å². The van der Waals surface area contributed by atoms with Crippen LogP contribution in [0.15, 0.2) is 29.2 Å². The second-order valence-electron chi connectivity index (χ2n) is 7.30. The molecule has 0 bridgehead atoms. The number of nitrogens with one attached hydrogen (secondary N) is 2. The van der Waals surface area contributed by atoms with Gasteiger partial charge in [0.05, 0.1) is 10.6 Å². The van der Waals surface area contributed by atoms with Gasteiger partial charge in [-0.1, -0.05) is 18.3 Å². The average Bonchev–Trinajstić information content (AvgIpc) is 2.95. The first kappa shape index (κ1) is 20.8. The number of anilines is 2. The van der Waals surface area contributed by atoms with Gasteiger partial charge in [-0.15, -0.1) is 0 Å². The number of sulfonamides is 1. The summed E-state index contributed by atoms with van der Waals surface area (Å²) in [4.78, 5) is 19.1. The van der Waals surface area contributed by atoms with Crippen LogP contribution in [0.4, 0.5) is 10.8 Å². The van der Waals surface area contributed by atoms with Gasteiger partial charge in [-0.25, -0.2) is 13.4 Å². The third-order valence-corrected chi connectivity index (χ3v) is 7.38. The van der Waals surface area contributed by atoms with Crippen molar-refractivity contribution in [2.75, 3.05) is 23.1 Å². The zero-order valence-corrected chi connectivity index (χ0v) is 18.0. The van der Waals surface area contributed by atoms with Crippen molar-refractivity contribution in [3.8, 4) is 0 Å². The van der Waals surface area contributed by atoms with Gasteiger partial charge < -0.3 is 5.32 Å². The molecule has 0 atom stereocenters. The number of carbonyl (C=O) groups excluding carboxylic acids is 1. The Balaban J connectivity index is 1.68. The minimum Gasteiger partial charge on any atom is -0.326 e. The van der Waals surface area contributed by atoms with Crippen LogP contribution in [0.1, 0.15) is 37.3 Å². The molecule has 1 aliphatic heterocycles. The zero-order chi connectivity index (χ0) is 20.3. The first-order valence-corrected chi connectivity index (χ1v) is 11.6. The molecular weight excluding hydrogens is 396 g/mol. The molecule has 1 amide bonds. The van der Waals surface area contributed by atoms with Crippen LogP contribution in [-0.2, 0) is 21.4 Å². The van der Waals surface area contributed by atoms with Gasteiger partial charge >= 0.3 is 0 Å². The number of hydrogen-bond acceptors (Lipinski definition) is 6. The van der Waals surface area contributed by atoms with E-state index in [9.17, 15) is 13.2 Å². The van der Waals surface area contributed by atoms with Crippen LogP contribution in [0.2, 0.25) is 0 Å². The Morgan fingerprint density at radius 3 is 2.50 bits per heavy atom. The second kappa shape index (κ2) is 8.59. The van der Waals surface area contributed by atoms with E-state index >= 15 is 0 Å². The minimum absolute atomic E-state index is 0.126. The minimum atomic E-state index is -3.73. The first-order valence-electron chi connectivity index (χ1n) is 9.32. The Kier molecular flexibility index (Phi) is 6.36. The molecule has 1 aromatic carbocycles. The van der Waals surface area contributed by atoms with Crippen LogP contribution >= 0.6 is 11.3 Å². The van der Waals surface area contributed by atoms with Crippen molar-refractivity contribution in [3.05, 3.63) is 34.8 Å². The summed E-state index contributed by atoms with van der Waals surface area (Å²) in [6.07, 6.45) is 2.40. The largest absolute Gasteiger partial charge is 0.326 e. The van der Waals surface area contributed by atoms with Crippen molar-refractivity contribution < 1.29 is 13.2 Å². The molecule has 152 valence electrons. The summed E-state index contributed by atoms with van der Waals surface area (Å²) in [5, 5.41) is 2.99. The quantitative estimate of drug-likeness (QED) is 0.744. The van der Waals surface area contributed by atoms with Crippen molar-refractivity contribution in [1.82, 2.24) is 9.88 Å². The van der Waals surface area contributed by atoms with E-state index < -0.39 is 10.0 Å². The number of benzene rings is 1. The third kappa shape index (κ3) is 5.30. The number of thiazole rings is 1. The Morgan fingerprint density at radius 2 is 1.89 bits per heavy atom. The van der Waals surface area contributed by atoms with E-state index in [1.165, 1.54) is 43.2 Å². The van der Waals surface area contributed by atoms with Crippen molar-refractivity contribution in [2.24, 2.45) is 5.92 Å². The van der Waals surface area contributed by atoms with E-state index in [4.69, 9.17) is 0 Å². The van der Waals surface area contributed by atoms with Crippen LogP contribution in [-0.4, -0.2) is 37.3 Å². The molecule has 28 heavy (non-hydrogen) atoms. The number of aryl methyl sites for hydroxylation is 1. The van der Waals surface area contributed by atoms with Gasteiger partial charge in [-0.3, -0.25) is 14.4 Å². The lowest BCUT2D eigenvalue weighted by atomic mass is 9.99. The Bertz CT molecular complexity index is 931. The summed E-state index contributed by atoms with van der Waals surface area (Å²) in [5.74, 6) is 0.570. The molecule has 1 aromatic heterocycles. The van der Waals surface area contributed by atoms with Gasteiger partial charge in [0.15, 0.2) is 5.13 Å². The number of hydrogen-bond donors (Lipinski definition) is 2. The molecule has 2 aromatic rings. The third-order valence-electron chi connectivity index (χ3n) is 4.84. The summed E-state index contributed by atoms with van der Waals surface area (Å²) in [5.41, 5.74) is 1.41. The number of likely N-dealkylation sites (tertiary alicyclic amines) is 1. The van der Waals surface area contributed by atoms with E-state index in [2.05, 4.69) is 26.8 Å². The van der Waals surface area contributed by atoms with Gasteiger partial charge in [-0.05, 0) is 63.0 Å². The molecule has 2 N–H and O–H groups in total. The molecule has 9 heteroatoms. The second-order valence-corrected chi connectivity index (χ2v) is 10.1. The van der Waals surface area contributed by atoms with Gasteiger partial charge in [0, 0.05) is 24.0 Å². The number of nitrogens with zero attached hydrogens (tertiary/aromatic N) is 2.